The molecule has 1 aromatic rings. The number of pyridine rings is 1. The first-order valence-electron chi connectivity index (χ1n) is 9.83. The third-order valence-corrected chi connectivity index (χ3v) is 4.96. The van der Waals surface area contributed by atoms with E-state index in [9.17, 15) is 0 Å². The number of ether oxygens (including phenoxy) is 1. The molecule has 0 saturated carbocycles. The van der Waals surface area contributed by atoms with Crippen LogP contribution in [-0.4, -0.2) is 66.3 Å². The quantitative estimate of drug-likeness (QED) is 0.422. The Morgan fingerprint density at radius 1 is 1.30 bits per heavy atom. The van der Waals surface area contributed by atoms with E-state index in [-0.39, 0.29) is 17.7 Å². The lowest BCUT2D eigenvalue weighted by Crippen LogP contribution is -2.56. The molecular weight excluding hydrogens is 362 g/mol. The van der Waals surface area contributed by atoms with Crippen molar-refractivity contribution in [3.8, 4) is 0 Å². The molecule has 0 aromatic carbocycles. The maximum absolute atomic E-state index is 5.86. The SMILES string of the molecule is CCNC(=NCC(C)(C)N1CC(C)OC(C)C1)NCCc1ccc(Cl)nc1. The van der Waals surface area contributed by atoms with Crippen molar-refractivity contribution in [3.63, 3.8) is 0 Å². The standard InChI is InChI=1S/C20H34ClN5O/c1-6-22-19(23-10-9-17-7-8-18(21)24-11-17)25-14-20(4,5)26-12-15(2)27-16(3)13-26/h7-8,11,15-16H,6,9-10,12-14H2,1-5H3,(H2,22,23,25). The lowest BCUT2D eigenvalue weighted by atomic mass is 10.0. The Bertz CT molecular complexity index is 595. The fourth-order valence-electron chi connectivity index (χ4n) is 3.27. The molecule has 2 unspecified atom stereocenters. The molecule has 0 radical (unpaired) electrons. The van der Waals surface area contributed by atoms with Gasteiger partial charge in [-0.25, -0.2) is 4.98 Å². The second-order valence-electron chi connectivity index (χ2n) is 7.84. The number of morpholine rings is 1. The van der Waals surface area contributed by atoms with Crippen LogP contribution in [0, 0.1) is 0 Å². The molecule has 6 nitrogen and oxygen atoms in total. The first-order chi connectivity index (χ1) is 12.8. The average Bonchev–Trinajstić information content (AvgIpc) is 2.60. The van der Waals surface area contributed by atoms with E-state index in [1.165, 1.54) is 0 Å². The van der Waals surface area contributed by atoms with E-state index >= 15 is 0 Å². The molecule has 0 amide bonds. The Labute approximate surface area is 168 Å². The molecule has 27 heavy (non-hydrogen) atoms. The van der Waals surface area contributed by atoms with Crippen molar-refractivity contribution in [3.05, 3.63) is 29.0 Å². The van der Waals surface area contributed by atoms with Gasteiger partial charge in [-0.3, -0.25) is 9.89 Å². The topological polar surface area (TPSA) is 61.8 Å². The molecule has 1 saturated heterocycles. The molecule has 2 rings (SSSR count). The number of halogens is 1. The van der Waals surface area contributed by atoms with Crippen molar-refractivity contribution < 1.29 is 4.74 Å². The van der Waals surface area contributed by atoms with Crippen LogP contribution in [0.1, 0.15) is 40.2 Å². The van der Waals surface area contributed by atoms with Gasteiger partial charge in [0.2, 0.25) is 0 Å². The molecular formula is C20H34ClN5O. The second kappa shape index (κ2) is 10.2. The van der Waals surface area contributed by atoms with Gasteiger partial charge >= 0.3 is 0 Å². The monoisotopic (exact) mass is 395 g/mol. The van der Waals surface area contributed by atoms with E-state index in [0.29, 0.717) is 5.15 Å². The molecule has 152 valence electrons. The summed E-state index contributed by atoms with van der Waals surface area (Å²) >= 11 is 5.84. The van der Waals surface area contributed by atoms with Gasteiger partial charge in [0.05, 0.1) is 18.8 Å². The van der Waals surface area contributed by atoms with Crippen LogP contribution in [0.2, 0.25) is 5.15 Å². The summed E-state index contributed by atoms with van der Waals surface area (Å²) in [7, 11) is 0. The molecule has 2 N–H and O–H groups in total. The summed E-state index contributed by atoms with van der Waals surface area (Å²) in [6.45, 7) is 15.1. The first kappa shape index (κ1) is 21.9. The van der Waals surface area contributed by atoms with Crippen molar-refractivity contribution in [1.29, 1.82) is 0 Å². The van der Waals surface area contributed by atoms with Crippen molar-refractivity contribution in [1.82, 2.24) is 20.5 Å². The van der Waals surface area contributed by atoms with Crippen molar-refractivity contribution in [2.75, 3.05) is 32.7 Å². The Morgan fingerprint density at radius 2 is 2.00 bits per heavy atom. The number of aromatic nitrogens is 1. The minimum absolute atomic E-state index is 0.0191. The van der Waals surface area contributed by atoms with Crippen LogP contribution in [0.15, 0.2) is 23.3 Å². The van der Waals surface area contributed by atoms with Gasteiger partial charge in [-0.1, -0.05) is 17.7 Å². The van der Waals surface area contributed by atoms with Gasteiger partial charge in [-0.15, -0.1) is 0 Å². The second-order valence-corrected chi connectivity index (χ2v) is 8.22. The molecule has 0 spiro atoms. The van der Waals surface area contributed by atoms with E-state index in [4.69, 9.17) is 21.3 Å². The number of hydrogen-bond acceptors (Lipinski definition) is 4. The molecule has 1 aromatic heterocycles. The molecule has 1 aliphatic heterocycles. The minimum Gasteiger partial charge on any atom is -0.373 e. The number of hydrogen-bond donors (Lipinski definition) is 2. The highest BCUT2D eigenvalue weighted by Gasteiger charge is 2.33. The zero-order valence-electron chi connectivity index (χ0n) is 17.3. The number of aliphatic imine (C=N–C) groups is 1. The van der Waals surface area contributed by atoms with Crippen LogP contribution >= 0.6 is 11.6 Å². The minimum atomic E-state index is -0.0191. The van der Waals surface area contributed by atoms with Gasteiger partial charge in [0.1, 0.15) is 5.15 Å². The fourth-order valence-corrected chi connectivity index (χ4v) is 3.38. The van der Waals surface area contributed by atoms with E-state index in [0.717, 1.165) is 50.7 Å². The number of rotatable bonds is 7. The zero-order valence-corrected chi connectivity index (χ0v) is 18.0. The van der Waals surface area contributed by atoms with E-state index < -0.39 is 0 Å². The summed E-state index contributed by atoms with van der Waals surface area (Å²) in [5.41, 5.74) is 1.13. The van der Waals surface area contributed by atoms with Gasteiger partial charge in [-0.05, 0) is 52.7 Å². The van der Waals surface area contributed by atoms with Crippen molar-refractivity contribution in [2.45, 2.75) is 58.8 Å². The molecule has 2 heterocycles. The van der Waals surface area contributed by atoms with Gasteiger partial charge < -0.3 is 15.4 Å². The van der Waals surface area contributed by atoms with E-state index in [2.05, 4.69) is 55.1 Å². The van der Waals surface area contributed by atoms with Crippen molar-refractivity contribution >= 4 is 17.6 Å². The molecule has 2 atom stereocenters. The van der Waals surface area contributed by atoms with Crippen LogP contribution in [0.5, 0.6) is 0 Å². The number of nitrogens with zero attached hydrogens (tertiary/aromatic N) is 3. The van der Waals surface area contributed by atoms with Crippen LogP contribution in [0.25, 0.3) is 0 Å². The predicted molar refractivity (Wildman–Crippen MR) is 113 cm³/mol. The summed E-state index contributed by atoms with van der Waals surface area (Å²) in [5, 5.41) is 7.27. The highest BCUT2D eigenvalue weighted by molar-refractivity contribution is 6.29. The smallest absolute Gasteiger partial charge is 0.191 e. The van der Waals surface area contributed by atoms with Gasteiger partial charge in [0.15, 0.2) is 5.96 Å². The molecule has 1 aliphatic rings. The summed E-state index contributed by atoms with van der Waals surface area (Å²) < 4.78 is 5.86. The molecule has 7 heteroatoms. The highest BCUT2D eigenvalue weighted by Crippen LogP contribution is 2.21. The number of nitrogens with one attached hydrogen (secondary N) is 2. The summed E-state index contributed by atoms with van der Waals surface area (Å²) in [6, 6.07) is 3.83. The van der Waals surface area contributed by atoms with Crippen LogP contribution in [0.3, 0.4) is 0 Å². The predicted octanol–water partition coefficient (Wildman–Crippen LogP) is 2.72. The zero-order chi connectivity index (χ0) is 19.9. The number of guanidine groups is 1. The lowest BCUT2D eigenvalue weighted by Gasteiger charge is -2.44. The fraction of sp³-hybridized carbons (Fsp3) is 0.700. The summed E-state index contributed by atoms with van der Waals surface area (Å²) in [6.07, 6.45) is 3.21. The maximum Gasteiger partial charge on any atom is 0.191 e. The average molecular weight is 396 g/mol. The van der Waals surface area contributed by atoms with Gasteiger partial charge in [0.25, 0.3) is 0 Å². The Kier molecular flexibility index (Phi) is 8.32. The lowest BCUT2D eigenvalue weighted by molar-refractivity contribution is -0.0939. The van der Waals surface area contributed by atoms with Crippen LogP contribution in [-0.2, 0) is 11.2 Å². The normalized spacial score (nSPS) is 21.9. The maximum atomic E-state index is 5.86. The first-order valence-corrected chi connectivity index (χ1v) is 10.2. The third-order valence-electron chi connectivity index (χ3n) is 4.74. The Balaban J connectivity index is 1.90. The summed E-state index contributed by atoms with van der Waals surface area (Å²) in [5.74, 6) is 0.849. The van der Waals surface area contributed by atoms with E-state index in [1.807, 2.05) is 18.3 Å². The third kappa shape index (κ3) is 7.28. The molecule has 0 aliphatic carbocycles. The molecule has 1 fully saturated rings. The Morgan fingerprint density at radius 3 is 2.59 bits per heavy atom. The largest absolute Gasteiger partial charge is 0.373 e. The van der Waals surface area contributed by atoms with Crippen molar-refractivity contribution in [2.24, 2.45) is 4.99 Å². The molecule has 0 bridgehead atoms. The summed E-state index contributed by atoms with van der Waals surface area (Å²) in [4.78, 5) is 11.4. The highest BCUT2D eigenvalue weighted by atomic mass is 35.5. The van der Waals surface area contributed by atoms with Gasteiger partial charge in [-0.2, -0.15) is 0 Å². The van der Waals surface area contributed by atoms with Crippen LogP contribution < -0.4 is 10.6 Å². The van der Waals surface area contributed by atoms with E-state index in [1.54, 1.807) is 0 Å². The van der Waals surface area contributed by atoms with Crippen LogP contribution in [0.4, 0.5) is 0 Å². The Hall–Kier alpha value is -1.37. The van der Waals surface area contributed by atoms with Gasteiger partial charge in [0, 0.05) is 37.9 Å².